The number of anilines is 1. The predicted molar refractivity (Wildman–Crippen MR) is 173 cm³/mol. The number of halogens is 1. The number of phosphoric acid groups is 1. The van der Waals surface area contributed by atoms with E-state index in [4.69, 9.17) is 35.9 Å². The number of alkyl halides is 1. The van der Waals surface area contributed by atoms with E-state index in [0.717, 1.165) is 24.6 Å². The van der Waals surface area contributed by atoms with Crippen LogP contribution in [-0.2, 0) is 27.9 Å². The van der Waals surface area contributed by atoms with Gasteiger partial charge in [0.1, 0.15) is 60.0 Å². The maximum atomic E-state index is 13.3. The summed E-state index contributed by atoms with van der Waals surface area (Å²) in [6.07, 6.45) is -5.34. The Morgan fingerprint density at radius 3 is 2.67 bits per heavy atom. The molecule has 0 spiro atoms. The van der Waals surface area contributed by atoms with Crippen molar-refractivity contribution in [3.63, 3.8) is 0 Å². The molecular weight excluding hydrogens is 697 g/mol. The minimum absolute atomic E-state index is 0.0917. The van der Waals surface area contributed by atoms with E-state index in [9.17, 15) is 34.7 Å². The molecule has 21 heteroatoms. The summed E-state index contributed by atoms with van der Waals surface area (Å²) in [5, 5.41) is 49.0. The molecule has 0 aromatic carbocycles. The molecule has 18 nitrogen and oxygen atoms in total. The highest BCUT2D eigenvalue weighted by molar-refractivity contribution is 7.99. The monoisotopic (exact) mass is 739 g/mol. The number of rotatable bonds is 12. The highest BCUT2D eigenvalue weighted by atomic mass is 35.5. The number of aliphatic hydroxyl groups is 4. The van der Waals surface area contributed by atoms with Gasteiger partial charge in [0.15, 0.2) is 17.7 Å². The smallest absolute Gasteiger partial charge is 0.387 e. The number of imidazole rings is 1. The lowest BCUT2D eigenvalue weighted by molar-refractivity contribution is -0.202. The highest BCUT2D eigenvalue weighted by Crippen LogP contribution is 2.48. The number of thioether (sulfide) groups is 1. The van der Waals surface area contributed by atoms with E-state index in [0.29, 0.717) is 18.9 Å². The fourth-order valence-electron chi connectivity index (χ4n) is 6.27. The molecule has 3 aliphatic rings. The zero-order valence-electron chi connectivity index (χ0n) is 26.5. The van der Waals surface area contributed by atoms with Gasteiger partial charge in [-0.2, -0.15) is 0 Å². The Hall–Kier alpha value is -1.71. The van der Waals surface area contributed by atoms with Crippen LogP contribution in [0.3, 0.4) is 0 Å². The SMILES string of the molecule is CC[C@@H]1CCN[C@H](C(=O)N[C@@H]([C@H]2O[C@H](SC)[C@H](O)[C@@H](OP(=O)(O)OC[C@H]3O[C@@H](n4cnc5c(N)ncnc54)[C@H](O)[C@@H]3O)[C@H]2O)[C@H](C)Cl)C1. The number of nitrogens with two attached hydrogens (primary N) is 1. The number of piperidine rings is 1. The van der Waals surface area contributed by atoms with E-state index in [2.05, 4.69) is 32.5 Å². The summed E-state index contributed by atoms with van der Waals surface area (Å²) < 4.78 is 36.7. The number of nitrogen functional groups attached to an aromatic ring is 1. The van der Waals surface area contributed by atoms with Crippen LogP contribution >= 0.6 is 31.2 Å². The molecule has 5 rings (SSSR count). The molecule has 270 valence electrons. The third kappa shape index (κ3) is 7.93. The van der Waals surface area contributed by atoms with Gasteiger partial charge in [-0.15, -0.1) is 23.4 Å². The predicted octanol–water partition coefficient (Wildman–Crippen LogP) is -0.770. The van der Waals surface area contributed by atoms with Crippen LogP contribution in [0.25, 0.3) is 11.2 Å². The van der Waals surface area contributed by atoms with Crippen LogP contribution in [0, 0.1) is 5.92 Å². The van der Waals surface area contributed by atoms with Gasteiger partial charge >= 0.3 is 7.82 Å². The molecule has 3 saturated heterocycles. The van der Waals surface area contributed by atoms with Crippen LogP contribution in [0.2, 0.25) is 0 Å². The van der Waals surface area contributed by atoms with Gasteiger partial charge in [0.25, 0.3) is 0 Å². The molecule has 3 aliphatic heterocycles. The number of hydrogen-bond acceptors (Lipinski definition) is 16. The van der Waals surface area contributed by atoms with Crippen molar-refractivity contribution in [2.45, 2.75) is 105 Å². The molecule has 2 aromatic rings. The standard InChI is InChI=1S/C27H43ClN7O11PS/c1-4-12-5-6-30-13(7-12)25(40)34-15(11(2)28)21-19(38)22(20(39)27(45-21)48-3)46-47(41,42)43-8-14-17(36)18(37)26(44-14)35-10-33-16-23(29)31-9-32-24(16)35/h9-15,17-22,26-27,30,36-39H,4-8H2,1-3H3,(H,34,40)(H,41,42)(H2,29,31,32)/t11-,12+,13-,14+,15+,17+,18+,19-,20+,21+,22-,26+,27+/m0/s1. The van der Waals surface area contributed by atoms with Crippen molar-refractivity contribution >= 4 is 54.1 Å². The van der Waals surface area contributed by atoms with E-state index in [1.54, 1.807) is 13.2 Å². The van der Waals surface area contributed by atoms with Gasteiger partial charge in [0.05, 0.1) is 30.4 Å². The van der Waals surface area contributed by atoms with Crippen LogP contribution < -0.4 is 16.4 Å². The van der Waals surface area contributed by atoms with Crippen molar-refractivity contribution in [1.29, 1.82) is 0 Å². The molecule has 5 heterocycles. The Labute approximate surface area is 285 Å². The zero-order valence-corrected chi connectivity index (χ0v) is 28.9. The molecule has 0 radical (unpaired) electrons. The van der Waals surface area contributed by atoms with Gasteiger partial charge in [0.2, 0.25) is 5.91 Å². The normalized spacial score (nSPS) is 36.8. The number of amides is 1. The van der Waals surface area contributed by atoms with Crippen molar-refractivity contribution in [3.05, 3.63) is 12.7 Å². The van der Waals surface area contributed by atoms with Gasteiger partial charge in [-0.1, -0.05) is 13.3 Å². The third-order valence-corrected chi connectivity index (χ3v) is 11.1. The molecule has 3 fully saturated rings. The Morgan fingerprint density at radius 2 is 1.98 bits per heavy atom. The maximum Gasteiger partial charge on any atom is 0.472 e. The van der Waals surface area contributed by atoms with Crippen molar-refractivity contribution < 1.29 is 53.2 Å². The fraction of sp³-hybridized carbons (Fsp3) is 0.778. The average molecular weight is 740 g/mol. The van der Waals surface area contributed by atoms with E-state index in [-0.39, 0.29) is 22.9 Å². The number of hydrogen-bond donors (Lipinski definition) is 8. The molecule has 0 aliphatic carbocycles. The van der Waals surface area contributed by atoms with Crippen LogP contribution in [0.4, 0.5) is 5.82 Å². The Kier molecular flexibility index (Phi) is 12.3. The fourth-order valence-corrected chi connectivity index (χ4v) is 8.10. The number of aliphatic hydroxyl groups excluding tert-OH is 4. The molecular formula is C27H43ClN7O11PS. The number of ether oxygens (including phenoxy) is 2. The van der Waals surface area contributed by atoms with Crippen molar-refractivity contribution in [2.24, 2.45) is 5.92 Å². The number of carbonyl (C=O) groups excluding carboxylic acids is 1. The molecule has 0 bridgehead atoms. The lowest BCUT2D eigenvalue weighted by Gasteiger charge is -2.45. The van der Waals surface area contributed by atoms with Gasteiger partial charge in [-0.3, -0.25) is 18.4 Å². The number of nitrogens with zero attached hydrogens (tertiary/aromatic N) is 4. The first-order chi connectivity index (χ1) is 22.8. The Balaban J connectivity index is 1.25. The van der Waals surface area contributed by atoms with E-state index in [1.807, 2.05) is 0 Å². The molecule has 0 saturated carbocycles. The summed E-state index contributed by atoms with van der Waals surface area (Å²) in [5.41, 5.74) is 5.24. The number of aromatic nitrogens is 4. The number of carbonyl (C=O) groups is 1. The van der Waals surface area contributed by atoms with E-state index in [1.165, 1.54) is 17.2 Å². The Morgan fingerprint density at radius 1 is 1.23 bits per heavy atom. The van der Waals surface area contributed by atoms with Gasteiger partial charge in [-0.05, 0) is 38.5 Å². The third-order valence-electron chi connectivity index (χ3n) is 9.03. The number of nitrogens with one attached hydrogen (secondary N) is 2. The van der Waals surface area contributed by atoms with E-state index >= 15 is 0 Å². The first-order valence-corrected chi connectivity index (χ1v) is 18.8. The molecule has 14 atom stereocenters. The summed E-state index contributed by atoms with van der Waals surface area (Å²) in [6, 6.07) is -1.46. The van der Waals surface area contributed by atoms with E-state index < -0.39 is 86.3 Å². The second-order valence-electron chi connectivity index (χ2n) is 12.2. The second-order valence-corrected chi connectivity index (χ2v) is 15.2. The molecule has 9 N–H and O–H groups in total. The van der Waals surface area contributed by atoms with Crippen LogP contribution in [-0.4, -0.2) is 136 Å². The molecule has 2 aromatic heterocycles. The summed E-state index contributed by atoms with van der Waals surface area (Å²) in [6.45, 7) is 3.61. The number of fused-ring (bicyclic) bond motifs is 1. The summed E-state index contributed by atoms with van der Waals surface area (Å²) >= 11 is 7.54. The minimum Gasteiger partial charge on any atom is -0.387 e. The second kappa shape index (κ2) is 15.7. The lowest BCUT2D eigenvalue weighted by atomic mass is 9.89. The number of phosphoric ester groups is 1. The van der Waals surface area contributed by atoms with Crippen molar-refractivity contribution in [2.75, 3.05) is 25.1 Å². The average Bonchev–Trinajstić information content (AvgIpc) is 3.62. The highest BCUT2D eigenvalue weighted by Gasteiger charge is 2.52. The first-order valence-electron chi connectivity index (χ1n) is 15.6. The van der Waals surface area contributed by atoms with Crippen molar-refractivity contribution in [3.8, 4) is 0 Å². The van der Waals surface area contributed by atoms with Gasteiger partial charge in [0, 0.05) is 0 Å². The topological polar surface area (TPSA) is 266 Å². The molecule has 1 unspecified atom stereocenters. The van der Waals surface area contributed by atoms with Gasteiger partial charge < -0.3 is 51.2 Å². The first kappa shape index (κ1) is 37.5. The maximum absolute atomic E-state index is 13.3. The summed E-state index contributed by atoms with van der Waals surface area (Å²) in [4.78, 5) is 36.0. The van der Waals surface area contributed by atoms with Gasteiger partial charge in [-0.25, -0.2) is 19.5 Å². The van der Waals surface area contributed by atoms with Crippen LogP contribution in [0.1, 0.15) is 39.3 Å². The zero-order chi connectivity index (χ0) is 34.9. The quantitative estimate of drug-likeness (QED) is 0.0981. The molecule has 48 heavy (non-hydrogen) atoms. The van der Waals surface area contributed by atoms with Crippen LogP contribution in [0.5, 0.6) is 0 Å². The summed E-state index contributed by atoms with van der Waals surface area (Å²) in [5.74, 6) is 0.133. The summed E-state index contributed by atoms with van der Waals surface area (Å²) in [7, 11) is -5.08. The Bertz CT molecular complexity index is 1460. The van der Waals surface area contributed by atoms with Crippen molar-refractivity contribution in [1.82, 2.24) is 30.2 Å². The largest absolute Gasteiger partial charge is 0.472 e. The molecule has 1 amide bonds. The van der Waals surface area contributed by atoms with Crippen LogP contribution in [0.15, 0.2) is 12.7 Å². The minimum atomic E-state index is -5.08. The lowest BCUT2D eigenvalue weighted by Crippen LogP contribution is -2.65.